The quantitative estimate of drug-likeness (QED) is 0.448. The van der Waals surface area contributed by atoms with E-state index in [0.29, 0.717) is 5.69 Å². The lowest BCUT2D eigenvalue weighted by Crippen LogP contribution is -2.22. The first-order valence-corrected chi connectivity index (χ1v) is 5.80. The van der Waals surface area contributed by atoms with E-state index < -0.39 is 0 Å². The minimum Gasteiger partial charge on any atom is -0.382 e. The molecule has 0 unspecified atom stereocenters. The smallest absolute Gasteiger partial charge is 0.201 e. The van der Waals surface area contributed by atoms with Gasteiger partial charge in [-0.05, 0) is 18.2 Å². The lowest BCUT2D eigenvalue weighted by Gasteiger charge is -2.17. The summed E-state index contributed by atoms with van der Waals surface area (Å²) in [6, 6.07) is 7.38. The lowest BCUT2D eigenvalue weighted by molar-refractivity contribution is 1.12. The Morgan fingerprint density at radius 3 is 2.72 bits per heavy atom. The molecule has 0 atom stereocenters. The highest BCUT2D eigenvalue weighted by molar-refractivity contribution is 9.10. The summed E-state index contributed by atoms with van der Waals surface area (Å²) in [6.45, 7) is 0. The zero-order valence-corrected chi connectivity index (χ0v) is 11.6. The van der Waals surface area contributed by atoms with Crippen molar-refractivity contribution in [3.05, 3.63) is 22.7 Å². The molecule has 0 fully saturated rings. The number of rotatable bonds is 4. The van der Waals surface area contributed by atoms with Crippen LogP contribution in [-0.2, 0) is 0 Å². The molecule has 0 heterocycles. The van der Waals surface area contributed by atoms with Crippen molar-refractivity contribution in [2.24, 2.45) is 10.8 Å². The number of nitriles is 1. The van der Waals surface area contributed by atoms with Crippen molar-refractivity contribution in [3.8, 4) is 6.07 Å². The summed E-state index contributed by atoms with van der Waals surface area (Å²) in [7, 11) is 3.79. The van der Waals surface area contributed by atoms with Gasteiger partial charge in [-0.15, -0.1) is 0 Å². The molecule has 94 valence electrons. The van der Waals surface area contributed by atoms with Crippen LogP contribution in [0, 0.1) is 16.7 Å². The summed E-state index contributed by atoms with van der Waals surface area (Å²) in [4.78, 5) is 1.91. The third-order valence-electron chi connectivity index (χ3n) is 2.09. The Balaban J connectivity index is 3.07. The lowest BCUT2D eigenvalue weighted by atomic mass is 10.2. The van der Waals surface area contributed by atoms with Crippen molar-refractivity contribution in [2.75, 3.05) is 24.4 Å². The van der Waals surface area contributed by atoms with Crippen LogP contribution in [-0.4, -0.2) is 25.6 Å². The molecule has 0 aromatic heterocycles. The summed E-state index contributed by atoms with van der Waals surface area (Å²) in [5, 5.41) is 19.7. The van der Waals surface area contributed by atoms with Gasteiger partial charge in [0.15, 0.2) is 5.84 Å². The number of hydrogen-bond acceptors (Lipinski definition) is 5. The molecule has 0 bridgehead atoms. The van der Waals surface area contributed by atoms with Crippen LogP contribution in [0.1, 0.15) is 0 Å². The fourth-order valence-corrected chi connectivity index (χ4v) is 1.61. The Labute approximate surface area is 114 Å². The van der Waals surface area contributed by atoms with Gasteiger partial charge in [0.05, 0.1) is 11.4 Å². The van der Waals surface area contributed by atoms with Gasteiger partial charge in [-0.1, -0.05) is 15.9 Å². The molecule has 0 aliphatic rings. The predicted octanol–water partition coefficient (Wildman–Crippen LogP) is 1.74. The fourth-order valence-electron chi connectivity index (χ4n) is 1.25. The molecule has 0 amide bonds. The first kappa shape index (κ1) is 14.0. The Morgan fingerprint density at radius 2 is 2.22 bits per heavy atom. The number of anilines is 2. The largest absolute Gasteiger partial charge is 0.382 e. The van der Waals surface area contributed by atoms with Crippen molar-refractivity contribution >= 4 is 38.9 Å². The molecule has 0 aliphatic heterocycles. The minimum atomic E-state index is -0.369. The zero-order valence-electron chi connectivity index (χ0n) is 10.0. The number of benzene rings is 1. The first-order valence-electron chi connectivity index (χ1n) is 5.00. The third kappa shape index (κ3) is 3.46. The van der Waals surface area contributed by atoms with Gasteiger partial charge in [0.2, 0.25) is 5.71 Å². The molecular formula is C11H13BrN6. The maximum absolute atomic E-state index is 8.75. The maximum Gasteiger partial charge on any atom is 0.201 e. The van der Waals surface area contributed by atoms with E-state index in [1.54, 1.807) is 6.07 Å². The van der Waals surface area contributed by atoms with Crippen LogP contribution < -0.4 is 16.1 Å². The van der Waals surface area contributed by atoms with E-state index in [2.05, 4.69) is 26.5 Å². The standard InChI is InChI=1S/C11H13BrN6/c1-18(2)10-4-3-7(12)5-8(10)16-17-9(6-13)11(14)15/h3-5,16H,1-2H3,(H3,14,15)/b17-9+. The minimum absolute atomic E-state index is 0.153. The van der Waals surface area contributed by atoms with E-state index in [9.17, 15) is 0 Å². The van der Waals surface area contributed by atoms with Crippen LogP contribution in [0.15, 0.2) is 27.8 Å². The van der Waals surface area contributed by atoms with Gasteiger partial charge in [0, 0.05) is 18.6 Å². The third-order valence-corrected chi connectivity index (χ3v) is 2.58. The Morgan fingerprint density at radius 1 is 1.56 bits per heavy atom. The molecule has 0 aliphatic carbocycles. The van der Waals surface area contributed by atoms with E-state index in [1.165, 1.54) is 0 Å². The van der Waals surface area contributed by atoms with Crippen LogP contribution in [0.3, 0.4) is 0 Å². The van der Waals surface area contributed by atoms with E-state index in [0.717, 1.165) is 10.2 Å². The van der Waals surface area contributed by atoms with E-state index in [1.807, 2.05) is 37.2 Å². The summed E-state index contributed by atoms with van der Waals surface area (Å²) in [5.74, 6) is -0.369. The number of amidine groups is 1. The number of hydrazone groups is 1. The van der Waals surface area contributed by atoms with Gasteiger partial charge < -0.3 is 10.6 Å². The highest BCUT2D eigenvalue weighted by Gasteiger charge is 2.06. The monoisotopic (exact) mass is 308 g/mol. The topological polar surface area (TPSA) is 101 Å². The summed E-state index contributed by atoms with van der Waals surface area (Å²) < 4.78 is 0.882. The van der Waals surface area contributed by atoms with Crippen LogP contribution in [0.4, 0.5) is 11.4 Å². The van der Waals surface area contributed by atoms with Crippen LogP contribution >= 0.6 is 15.9 Å². The second-order valence-electron chi connectivity index (χ2n) is 3.65. The molecule has 7 heteroatoms. The van der Waals surface area contributed by atoms with Gasteiger partial charge in [-0.2, -0.15) is 10.4 Å². The van der Waals surface area contributed by atoms with Crippen LogP contribution in [0.5, 0.6) is 0 Å². The van der Waals surface area contributed by atoms with Gasteiger partial charge >= 0.3 is 0 Å². The van der Waals surface area contributed by atoms with E-state index in [-0.39, 0.29) is 11.5 Å². The van der Waals surface area contributed by atoms with Crippen LogP contribution in [0.25, 0.3) is 0 Å². The molecule has 1 aromatic rings. The SMILES string of the molecule is CN(C)c1ccc(Br)cc1N/N=C(\C#N)C(=N)N. The zero-order chi connectivity index (χ0) is 13.7. The van der Waals surface area contributed by atoms with Gasteiger partial charge in [0.25, 0.3) is 0 Å². The van der Waals surface area contributed by atoms with Gasteiger partial charge in [0.1, 0.15) is 6.07 Å². The Hall–Kier alpha value is -2.07. The molecule has 1 aromatic carbocycles. The van der Waals surface area contributed by atoms with Crippen molar-refractivity contribution < 1.29 is 0 Å². The molecule has 0 radical (unpaired) electrons. The molecule has 18 heavy (non-hydrogen) atoms. The van der Waals surface area contributed by atoms with Crippen molar-refractivity contribution in [1.29, 1.82) is 10.7 Å². The first-order chi connectivity index (χ1) is 8.45. The maximum atomic E-state index is 8.75. The number of nitrogens with one attached hydrogen (secondary N) is 2. The van der Waals surface area contributed by atoms with E-state index >= 15 is 0 Å². The number of halogens is 1. The number of nitrogens with two attached hydrogens (primary N) is 1. The molecule has 0 spiro atoms. The van der Waals surface area contributed by atoms with Crippen molar-refractivity contribution in [3.63, 3.8) is 0 Å². The van der Waals surface area contributed by atoms with Gasteiger partial charge in [-0.3, -0.25) is 10.8 Å². The van der Waals surface area contributed by atoms with E-state index in [4.69, 9.17) is 16.4 Å². The predicted molar refractivity (Wildman–Crippen MR) is 77.1 cm³/mol. The highest BCUT2D eigenvalue weighted by Crippen LogP contribution is 2.27. The van der Waals surface area contributed by atoms with Crippen molar-refractivity contribution in [2.45, 2.75) is 0 Å². The number of nitrogens with zero attached hydrogens (tertiary/aromatic N) is 3. The normalized spacial score (nSPS) is 10.7. The second-order valence-corrected chi connectivity index (χ2v) is 4.57. The molecule has 6 nitrogen and oxygen atoms in total. The van der Waals surface area contributed by atoms with Crippen LogP contribution in [0.2, 0.25) is 0 Å². The Kier molecular flexibility index (Phi) is 4.68. The highest BCUT2D eigenvalue weighted by atomic mass is 79.9. The van der Waals surface area contributed by atoms with Crippen molar-refractivity contribution in [1.82, 2.24) is 0 Å². The molecule has 0 saturated carbocycles. The second kappa shape index (κ2) is 6.02. The fraction of sp³-hybridized carbons (Fsp3) is 0.182. The average Bonchev–Trinajstić information content (AvgIpc) is 2.29. The molecule has 4 N–H and O–H groups in total. The molecule has 1 rings (SSSR count). The number of hydrogen-bond donors (Lipinski definition) is 3. The molecular weight excluding hydrogens is 296 g/mol. The van der Waals surface area contributed by atoms with Gasteiger partial charge in [-0.25, -0.2) is 0 Å². The average molecular weight is 309 g/mol. The Bertz CT molecular complexity index is 529. The summed E-state index contributed by atoms with van der Waals surface area (Å²) in [5.41, 5.74) is 9.41. The summed E-state index contributed by atoms with van der Waals surface area (Å²) in [6.07, 6.45) is 0. The molecule has 0 saturated heterocycles. The summed E-state index contributed by atoms with van der Waals surface area (Å²) >= 11 is 3.36.